The average molecular weight is 419 g/mol. The fraction of sp³-hybridized carbons (Fsp3) is 0.409. The number of anilines is 2. The third-order valence-electron chi connectivity index (χ3n) is 4.70. The summed E-state index contributed by atoms with van der Waals surface area (Å²) in [4.78, 5) is 12.9. The molecule has 2 aromatic rings. The molecule has 7 heteroatoms. The van der Waals surface area contributed by atoms with Crippen molar-refractivity contribution in [3.63, 3.8) is 0 Å². The lowest BCUT2D eigenvalue weighted by molar-refractivity contribution is -0.117. The quantitative estimate of drug-likeness (QED) is 0.627. The Kier molecular flexibility index (Phi) is 8.08. The van der Waals surface area contributed by atoms with Gasteiger partial charge in [0.25, 0.3) is 0 Å². The zero-order valence-corrected chi connectivity index (χ0v) is 18.3. The number of carbonyl (C=O) groups excluding carboxylic acids is 1. The van der Waals surface area contributed by atoms with Gasteiger partial charge in [0, 0.05) is 5.69 Å². The zero-order valence-electron chi connectivity index (χ0n) is 17.5. The van der Waals surface area contributed by atoms with E-state index >= 15 is 0 Å². The number of hydrogen-bond acceptors (Lipinski definition) is 4. The minimum Gasteiger partial charge on any atom is -0.497 e. The molecule has 0 saturated heterocycles. The Balaban J connectivity index is 2.23. The number of benzene rings is 2. The second-order valence-corrected chi connectivity index (χ2v) is 8.83. The topological polar surface area (TPSA) is 75.7 Å². The number of rotatable bonds is 10. The number of methoxy groups -OCH3 is 1. The summed E-state index contributed by atoms with van der Waals surface area (Å²) in [5.74, 6) is 0.248. The Bertz CT molecular complexity index is 893. The number of unbranched alkanes of at least 4 members (excludes halogenated alkanes) is 1. The highest BCUT2D eigenvalue weighted by Crippen LogP contribution is 2.25. The Labute approximate surface area is 173 Å². The first-order valence-electron chi connectivity index (χ1n) is 9.83. The van der Waals surface area contributed by atoms with Crippen LogP contribution in [0.5, 0.6) is 5.75 Å². The fourth-order valence-corrected chi connectivity index (χ4v) is 4.36. The highest BCUT2D eigenvalue weighted by molar-refractivity contribution is 7.92. The molecule has 0 aliphatic carbocycles. The van der Waals surface area contributed by atoms with Crippen LogP contribution in [0.3, 0.4) is 0 Å². The lowest BCUT2D eigenvalue weighted by atomic mass is 10.1. The van der Waals surface area contributed by atoms with E-state index in [1.165, 1.54) is 5.56 Å². The highest BCUT2D eigenvalue weighted by atomic mass is 32.2. The fourth-order valence-electron chi connectivity index (χ4n) is 3.15. The summed E-state index contributed by atoms with van der Waals surface area (Å²) in [7, 11) is -2.13. The van der Waals surface area contributed by atoms with Gasteiger partial charge in [-0.3, -0.25) is 9.10 Å². The number of sulfonamides is 1. The summed E-state index contributed by atoms with van der Waals surface area (Å²) >= 11 is 0. The van der Waals surface area contributed by atoms with E-state index in [1.807, 2.05) is 24.3 Å². The molecule has 2 aromatic carbocycles. The summed E-state index contributed by atoms with van der Waals surface area (Å²) in [5, 5.41) is 2.85. The Morgan fingerprint density at radius 3 is 2.17 bits per heavy atom. The van der Waals surface area contributed by atoms with E-state index in [1.54, 1.807) is 38.3 Å². The van der Waals surface area contributed by atoms with Crippen LogP contribution in [-0.4, -0.2) is 33.7 Å². The molecule has 0 bridgehead atoms. The number of ether oxygens (including phenoxy) is 1. The summed E-state index contributed by atoms with van der Waals surface area (Å²) in [6.07, 6.45) is 4.69. The van der Waals surface area contributed by atoms with Crippen LogP contribution in [0.1, 0.15) is 38.7 Å². The molecule has 1 unspecified atom stereocenters. The SMILES string of the molecule is CCCCc1ccc(NC(=O)C(CC)N(c2ccc(OC)cc2)S(C)(=O)=O)cc1. The first kappa shape index (κ1) is 22.7. The van der Waals surface area contributed by atoms with Crippen LogP contribution < -0.4 is 14.4 Å². The number of carbonyl (C=O) groups is 1. The van der Waals surface area contributed by atoms with Crippen molar-refractivity contribution in [1.82, 2.24) is 0 Å². The molecule has 6 nitrogen and oxygen atoms in total. The van der Waals surface area contributed by atoms with Gasteiger partial charge in [-0.15, -0.1) is 0 Å². The van der Waals surface area contributed by atoms with Gasteiger partial charge < -0.3 is 10.1 Å². The first-order valence-corrected chi connectivity index (χ1v) is 11.7. The van der Waals surface area contributed by atoms with Gasteiger partial charge in [0.05, 0.1) is 19.1 Å². The van der Waals surface area contributed by atoms with Crippen LogP contribution in [-0.2, 0) is 21.2 Å². The molecule has 0 aliphatic rings. The molecule has 0 aliphatic heterocycles. The molecule has 0 aromatic heterocycles. The van der Waals surface area contributed by atoms with Crippen LogP contribution in [0.25, 0.3) is 0 Å². The van der Waals surface area contributed by atoms with E-state index in [0.717, 1.165) is 29.8 Å². The molecule has 0 fully saturated rings. The van der Waals surface area contributed by atoms with Gasteiger partial charge in [-0.1, -0.05) is 32.4 Å². The monoisotopic (exact) mass is 418 g/mol. The van der Waals surface area contributed by atoms with Crippen molar-refractivity contribution in [3.8, 4) is 5.75 Å². The van der Waals surface area contributed by atoms with Crippen LogP contribution in [0.15, 0.2) is 48.5 Å². The van der Waals surface area contributed by atoms with E-state index in [2.05, 4.69) is 12.2 Å². The maximum Gasteiger partial charge on any atom is 0.248 e. The maximum atomic E-state index is 12.9. The first-order chi connectivity index (χ1) is 13.8. The smallest absolute Gasteiger partial charge is 0.248 e. The molecule has 2 rings (SSSR count). The molecule has 1 N–H and O–H groups in total. The van der Waals surface area contributed by atoms with Gasteiger partial charge in [-0.25, -0.2) is 8.42 Å². The minimum atomic E-state index is -3.67. The normalized spacial score (nSPS) is 12.3. The van der Waals surface area contributed by atoms with E-state index in [9.17, 15) is 13.2 Å². The Morgan fingerprint density at radius 1 is 1.07 bits per heavy atom. The molecule has 0 saturated carbocycles. The predicted molar refractivity (Wildman–Crippen MR) is 118 cm³/mol. The van der Waals surface area contributed by atoms with E-state index in [-0.39, 0.29) is 5.91 Å². The van der Waals surface area contributed by atoms with Crippen LogP contribution in [0.4, 0.5) is 11.4 Å². The standard InChI is InChI=1S/C22H30N2O4S/c1-5-7-8-17-9-11-18(12-10-17)23-22(25)21(6-2)24(29(4,26)27)19-13-15-20(28-3)16-14-19/h9-16,21H,5-8H2,1-4H3,(H,23,25). The third-order valence-corrected chi connectivity index (χ3v) is 5.88. The van der Waals surface area contributed by atoms with Crippen LogP contribution in [0, 0.1) is 0 Å². The summed E-state index contributed by atoms with van der Waals surface area (Å²) < 4.78 is 31.3. The van der Waals surface area contributed by atoms with Crippen molar-refractivity contribution < 1.29 is 17.9 Å². The van der Waals surface area contributed by atoms with Crippen molar-refractivity contribution in [2.45, 2.75) is 45.6 Å². The van der Waals surface area contributed by atoms with Gasteiger partial charge in [0.15, 0.2) is 0 Å². The summed E-state index contributed by atoms with van der Waals surface area (Å²) in [6, 6.07) is 13.4. The number of nitrogens with zero attached hydrogens (tertiary/aromatic N) is 1. The van der Waals surface area contributed by atoms with E-state index in [0.29, 0.717) is 23.5 Å². The second kappa shape index (κ2) is 10.3. The van der Waals surface area contributed by atoms with Crippen molar-refractivity contribution >= 4 is 27.3 Å². The van der Waals surface area contributed by atoms with E-state index in [4.69, 9.17) is 4.74 Å². The molecular weight excluding hydrogens is 388 g/mol. The molecule has 158 valence electrons. The second-order valence-electron chi connectivity index (χ2n) is 6.97. The minimum absolute atomic E-state index is 0.333. The summed E-state index contributed by atoms with van der Waals surface area (Å²) in [5.41, 5.74) is 2.29. The zero-order chi connectivity index (χ0) is 21.4. The van der Waals surface area contributed by atoms with Crippen LogP contribution >= 0.6 is 0 Å². The highest BCUT2D eigenvalue weighted by Gasteiger charge is 2.31. The molecule has 0 radical (unpaired) electrons. The molecule has 0 heterocycles. The molecule has 1 atom stereocenters. The maximum absolute atomic E-state index is 12.9. The lowest BCUT2D eigenvalue weighted by Gasteiger charge is -2.30. The summed E-state index contributed by atoms with van der Waals surface area (Å²) in [6.45, 7) is 3.94. The van der Waals surface area contributed by atoms with Gasteiger partial charge in [-0.2, -0.15) is 0 Å². The largest absolute Gasteiger partial charge is 0.497 e. The van der Waals surface area contributed by atoms with Crippen LogP contribution in [0.2, 0.25) is 0 Å². The number of hydrogen-bond donors (Lipinski definition) is 1. The lowest BCUT2D eigenvalue weighted by Crippen LogP contribution is -2.46. The number of aryl methyl sites for hydroxylation is 1. The Morgan fingerprint density at radius 2 is 1.69 bits per heavy atom. The van der Waals surface area contributed by atoms with Crippen molar-refractivity contribution in [3.05, 3.63) is 54.1 Å². The molecule has 0 spiro atoms. The van der Waals surface area contributed by atoms with E-state index < -0.39 is 16.1 Å². The third kappa shape index (κ3) is 6.22. The van der Waals surface area contributed by atoms with Crippen molar-refractivity contribution in [1.29, 1.82) is 0 Å². The van der Waals surface area contributed by atoms with Crippen molar-refractivity contribution in [2.24, 2.45) is 0 Å². The predicted octanol–water partition coefficient (Wildman–Crippen LogP) is 4.22. The van der Waals surface area contributed by atoms with Gasteiger partial charge >= 0.3 is 0 Å². The molecule has 1 amide bonds. The van der Waals surface area contributed by atoms with Gasteiger partial charge in [-0.05, 0) is 61.2 Å². The number of amides is 1. The average Bonchev–Trinajstić information content (AvgIpc) is 2.70. The van der Waals surface area contributed by atoms with Gasteiger partial charge in [0.1, 0.15) is 11.8 Å². The number of nitrogens with one attached hydrogen (secondary N) is 1. The van der Waals surface area contributed by atoms with Crippen molar-refractivity contribution in [2.75, 3.05) is 23.0 Å². The van der Waals surface area contributed by atoms with Gasteiger partial charge in [0.2, 0.25) is 15.9 Å². The Hall–Kier alpha value is -2.54. The molecular formula is C22H30N2O4S. The molecule has 29 heavy (non-hydrogen) atoms.